The Labute approximate surface area is 308 Å². The number of fused-ring (bicyclic) bond motifs is 4. The number of aliphatic hydroxyl groups is 5. The van der Waals surface area contributed by atoms with E-state index in [-0.39, 0.29) is 38.4 Å². The quantitative estimate of drug-likeness (QED) is 0.115. The van der Waals surface area contributed by atoms with Gasteiger partial charge in [-0.1, -0.05) is 101 Å². The van der Waals surface area contributed by atoms with Gasteiger partial charge < -0.3 is 44.5 Å². The van der Waals surface area contributed by atoms with Crippen LogP contribution in [0.4, 0.5) is 0 Å². The van der Waals surface area contributed by atoms with Crippen LogP contribution in [-0.4, -0.2) is 99.2 Å². The van der Waals surface area contributed by atoms with Gasteiger partial charge in [-0.2, -0.15) is 0 Å². The van der Waals surface area contributed by atoms with Gasteiger partial charge in [0.05, 0.1) is 42.5 Å². The number of allylic oxidation sites excluding steroid dienone is 6. The predicted octanol–water partition coefficient (Wildman–Crippen LogP) is 4.51. The summed E-state index contributed by atoms with van der Waals surface area (Å²) < 4.78 is 23.6. The summed E-state index contributed by atoms with van der Waals surface area (Å²) in [6, 6.07) is 0. The summed E-state index contributed by atoms with van der Waals surface area (Å²) in [5, 5.41) is 52.4. The smallest absolute Gasteiger partial charge is 0.335 e. The third kappa shape index (κ3) is 13.1. The van der Waals surface area contributed by atoms with Crippen molar-refractivity contribution in [2.75, 3.05) is 13.2 Å². The molecule has 11 nitrogen and oxygen atoms in total. The van der Waals surface area contributed by atoms with Gasteiger partial charge >= 0.3 is 11.9 Å². The van der Waals surface area contributed by atoms with Crippen LogP contribution in [0.15, 0.2) is 84.6 Å². The number of hydrogen-bond acceptors (Lipinski definition) is 11. The first kappa shape index (κ1) is 43.2. The van der Waals surface area contributed by atoms with Gasteiger partial charge in [-0.15, -0.1) is 0 Å². The van der Waals surface area contributed by atoms with Gasteiger partial charge in [0.25, 0.3) is 0 Å². The Balaban J connectivity index is 1.72. The molecule has 289 valence electrons. The highest BCUT2D eigenvalue weighted by molar-refractivity contribution is 5.82. The number of carbonyl (C=O) groups is 2. The van der Waals surface area contributed by atoms with E-state index >= 15 is 0 Å². The van der Waals surface area contributed by atoms with Crippen LogP contribution in [-0.2, 0) is 28.5 Å². The van der Waals surface area contributed by atoms with Gasteiger partial charge in [-0.3, -0.25) is 0 Å². The highest BCUT2D eigenvalue weighted by atomic mass is 16.6. The first-order valence-corrected chi connectivity index (χ1v) is 18.2. The fraction of sp³-hybridized carbons (Fsp3) is 0.585. The maximum Gasteiger partial charge on any atom is 0.335 e. The molecule has 2 saturated heterocycles. The van der Waals surface area contributed by atoms with Gasteiger partial charge in [0.1, 0.15) is 12.7 Å². The van der Waals surface area contributed by atoms with E-state index in [4.69, 9.17) is 18.9 Å². The molecule has 52 heavy (non-hydrogen) atoms. The van der Waals surface area contributed by atoms with E-state index in [0.29, 0.717) is 24.8 Å². The van der Waals surface area contributed by atoms with Crippen LogP contribution in [0, 0.1) is 23.7 Å². The van der Waals surface area contributed by atoms with Crippen LogP contribution >= 0.6 is 0 Å². The Morgan fingerprint density at radius 3 is 2.56 bits per heavy atom. The predicted molar refractivity (Wildman–Crippen MR) is 197 cm³/mol. The minimum Gasteiger partial charge on any atom is -0.459 e. The highest BCUT2D eigenvalue weighted by Gasteiger charge is 2.49. The van der Waals surface area contributed by atoms with Crippen molar-refractivity contribution in [2.24, 2.45) is 17.3 Å². The van der Waals surface area contributed by atoms with E-state index < -0.39 is 71.8 Å². The van der Waals surface area contributed by atoms with E-state index in [1.807, 2.05) is 51.2 Å². The summed E-state index contributed by atoms with van der Waals surface area (Å²) >= 11 is 0. The number of aliphatic hydroxyl groups excluding tert-OH is 3. The van der Waals surface area contributed by atoms with Crippen molar-refractivity contribution in [3.05, 3.63) is 91.0 Å². The van der Waals surface area contributed by atoms with Gasteiger partial charge in [-0.05, 0) is 44.1 Å². The number of esters is 2. The van der Waals surface area contributed by atoms with Crippen LogP contribution in [0.1, 0.15) is 73.1 Å². The summed E-state index contributed by atoms with van der Waals surface area (Å²) in [7, 11) is 0. The van der Waals surface area contributed by atoms with Crippen molar-refractivity contribution < 1.29 is 54.1 Å². The van der Waals surface area contributed by atoms with Crippen LogP contribution < -0.4 is 0 Å². The molecule has 0 aliphatic carbocycles. The molecule has 0 aromatic rings. The molecule has 3 heterocycles. The van der Waals surface area contributed by atoms with E-state index in [1.165, 1.54) is 12.2 Å². The van der Waals surface area contributed by atoms with E-state index in [2.05, 4.69) is 6.58 Å². The van der Waals surface area contributed by atoms with Gasteiger partial charge in [0, 0.05) is 31.3 Å². The molecule has 2 fully saturated rings. The first-order chi connectivity index (χ1) is 24.5. The van der Waals surface area contributed by atoms with Crippen molar-refractivity contribution >= 4 is 11.9 Å². The van der Waals surface area contributed by atoms with Crippen LogP contribution in [0.3, 0.4) is 0 Å². The first-order valence-electron chi connectivity index (χ1n) is 18.2. The van der Waals surface area contributed by atoms with E-state index in [1.54, 1.807) is 44.6 Å². The Bertz CT molecular complexity index is 1370. The summed E-state index contributed by atoms with van der Waals surface area (Å²) in [6.07, 6.45) is 17.6. The Morgan fingerprint density at radius 1 is 1.10 bits per heavy atom. The zero-order valence-electron chi connectivity index (χ0n) is 31.2. The normalized spacial score (nSPS) is 34.6. The number of hydrogen-bond donors (Lipinski definition) is 5. The van der Waals surface area contributed by atoms with E-state index in [0.717, 1.165) is 5.57 Å². The van der Waals surface area contributed by atoms with Crippen molar-refractivity contribution in [1.29, 1.82) is 0 Å². The average molecular weight is 728 g/mol. The Kier molecular flexibility index (Phi) is 16.9. The molecule has 0 spiro atoms. The molecule has 1 radical (unpaired) electrons. The zero-order valence-corrected chi connectivity index (χ0v) is 31.2. The molecule has 9 atom stereocenters. The molecule has 3 rings (SSSR count). The number of ether oxygens (including phenoxy) is 4. The summed E-state index contributed by atoms with van der Waals surface area (Å²) in [4.78, 5) is 25.3. The molecule has 2 unspecified atom stereocenters. The van der Waals surface area contributed by atoms with Crippen molar-refractivity contribution in [1.82, 2.24) is 0 Å². The second-order valence-corrected chi connectivity index (χ2v) is 14.8. The maximum absolute atomic E-state index is 13.0. The molecule has 0 aromatic heterocycles. The van der Waals surface area contributed by atoms with Crippen LogP contribution in [0.5, 0.6) is 0 Å². The second-order valence-electron chi connectivity index (χ2n) is 14.8. The minimum absolute atomic E-state index is 0.0256. The molecule has 0 saturated carbocycles. The zero-order chi connectivity index (χ0) is 38.5. The van der Waals surface area contributed by atoms with Crippen LogP contribution in [0.2, 0.25) is 0 Å². The molecular formula is C41H59O11. The van der Waals surface area contributed by atoms with Crippen molar-refractivity contribution in [3.63, 3.8) is 0 Å². The molecule has 0 amide bonds. The molecule has 3 aliphatic heterocycles. The third-order valence-electron chi connectivity index (χ3n) is 9.75. The van der Waals surface area contributed by atoms with Gasteiger partial charge in [0.15, 0.2) is 11.9 Å². The Morgan fingerprint density at radius 2 is 1.85 bits per heavy atom. The summed E-state index contributed by atoms with van der Waals surface area (Å²) in [5.74, 6) is -3.61. The largest absolute Gasteiger partial charge is 0.459 e. The van der Waals surface area contributed by atoms with Crippen molar-refractivity contribution in [2.45, 2.75) is 122 Å². The fourth-order valence-corrected chi connectivity index (χ4v) is 6.24. The summed E-state index contributed by atoms with van der Waals surface area (Å²) in [5.41, 5.74) is 0.258. The lowest BCUT2D eigenvalue weighted by molar-refractivity contribution is -0.270. The minimum atomic E-state index is -1.88. The van der Waals surface area contributed by atoms with E-state index in [9.17, 15) is 35.1 Å². The molecule has 3 aliphatic rings. The lowest BCUT2D eigenvalue weighted by Crippen LogP contribution is -2.55. The fourth-order valence-electron chi connectivity index (χ4n) is 6.24. The number of carbonyl (C=O) groups excluding carboxylic acids is 2. The highest BCUT2D eigenvalue weighted by Crippen LogP contribution is 2.40. The summed E-state index contributed by atoms with van der Waals surface area (Å²) in [6.45, 7) is 12.6. The standard InChI is InChI=1S/C41H59O11/c1-27(2)21-34(44)29(4)25-49-39(46)33(43)18-13-14-19-36-40(6,26-42)37-23-31(51-36)16-10-7-9-15-28(3)22-35-30(5)41(47,48)24-32(50-35)17-11-8-12-20-38(45)52-37/h8-16,20,22-23,27,30-37,42-44,47-48H,4,7,17-19,21,24-26H2,1-3,5-6H3/b11-8+,14-13-,15-9+,16-10+,20-12+,28-22-/t30-,31+,32-,33?,34?,35+,36-,37+,40-/m0/s1. The topological polar surface area (TPSA) is 172 Å². The molecule has 0 aromatic carbocycles. The monoisotopic (exact) mass is 727 g/mol. The maximum atomic E-state index is 13.0. The Hall–Kier alpha value is -3.16. The second kappa shape index (κ2) is 20.3. The third-order valence-corrected chi connectivity index (χ3v) is 9.75. The van der Waals surface area contributed by atoms with Gasteiger partial charge in [-0.25, -0.2) is 9.59 Å². The molecule has 5 N–H and O–H groups in total. The van der Waals surface area contributed by atoms with Crippen LogP contribution in [0.25, 0.3) is 0 Å². The lowest BCUT2D eigenvalue weighted by atomic mass is 9.73. The lowest BCUT2D eigenvalue weighted by Gasteiger charge is -2.47. The molecular weight excluding hydrogens is 668 g/mol. The van der Waals surface area contributed by atoms with Crippen molar-refractivity contribution in [3.8, 4) is 0 Å². The average Bonchev–Trinajstić information content (AvgIpc) is 3.07. The molecule has 11 heteroatoms. The number of rotatable bonds is 11. The van der Waals surface area contributed by atoms with Gasteiger partial charge in [0.2, 0.25) is 0 Å². The SMILES string of the molecule is C=C(COC(=O)C(O)C/C=C\C[C@@H]1O[C@H]2[CH][C@@H](OC(=O)/C=C/C=C/C[C@H]3CC(O)(O)[C@@H](C)[C@@H](/C=C(C)\C=C\C/C=C/2)O3)[C@@]1(C)CO)C(O)CC(C)C. The molecule has 4 bridgehead atoms.